The lowest BCUT2D eigenvalue weighted by Gasteiger charge is -2.40. The predicted octanol–water partition coefficient (Wildman–Crippen LogP) is 2.88. The summed E-state index contributed by atoms with van der Waals surface area (Å²) < 4.78 is 10.1. The molecule has 0 saturated heterocycles. The fourth-order valence-corrected chi connectivity index (χ4v) is 3.27. The van der Waals surface area contributed by atoms with Crippen LogP contribution in [0.15, 0.2) is 0 Å². The molecule has 0 radical (unpaired) electrons. The third-order valence-electron chi connectivity index (χ3n) is 4.00. The van der Waals surface area contributed by atoms with Crippen molar-refractivity contribution < 1.29 is 19.4 Å². The number of ether oxygens (including phenoxy) is 2. The summed E-state index contributed by atoms with van der Waals surface area (Å²) in [4.78, 5) is 11.3. The van der Waals surface area contributed by atoms with Gasteiger partial charge < -0.3 is 14.6 Å². The summed E-state index contributed by atoms with van der Waals surface area (Å²) in [7, 11) is 0. The minimum Gasteiger partial charge on any atom is -0.462 e. The van der Waals surface area contributed by atoms with E-state index in [1.807, 2.05) is 0 Å². The van der Waals surface area contributed by atoms with Gasteiger partial charge in [0.2, 0.25) is 0 Å². The Bertz CT molecular complexity index is 275. The molecule has 1 rings (SSSR count). The molecule has 2 unspecified atom stereocenters. The number of rotatable bonds is 7. The normalized spacial score (nSPS) is 28.9. The molecule has 0 aliphatic heterocycles. The molecular weight excluding hydrogens is 244 g/mol. The molecule has 0 aromatic rings. The van der Waals surface area contributed by atoms with Crippen molar-refractivity contribution in [1.82, 2.24) is 0 Å². The van der Waals surface area contributed by atoms with Crippen molar-refractivity contribution in [3.63, 3.8) is 0 Å². The molecule has 1 aliphatic rings. The third-order valence-corrected chi connectivity index (χ3v) is 4.00. The summed E-state index contributed by atoms with van der Waals surface area (Å²) in [5.41, 5.74) is 0.125. The molecule has 0 aromatic heterocycles. The molecular formula is C15H28O4. The quantitative estimate of drug-likeness (QED) is 0.572. The predicted molar refractivity (Wildman–Crippen MR) is 73.6 cm³/mol. The Balaban J connectivity index is 2.51. The Labute approximate surface area is 116 Å². The van der Waals surface area contributed by atoms with E-state index >= 15 is 0 Å². The first-order valence-corrected chi connectivity index (χ1v) is 7.49. The van der Waals surface area contributed by atoms with Gasteiger partial charge in [0.25, 0.3) is 6.29 Å². The first-order valence-electron chi connectivity index (χ1n) is 7.49. The molecule has 19 heavy (non-hydrogen) atoms. The molecule has 0 heterocycles. The van der Waals surface area contributed by atoms with Crippen LogP contribution in [0.2, 0.25) is 0 Å². The summed E-state index contributed by atoms with van der Waals surface area (Å²) >= 11 is 0. The maximum Gasteiger partial charge on any atom is 0.363 e. The van der Waals surface area contributed by atoms with Crippen molar-refractivity contribution in [2.45, 2.75) is 65.6 Å². The first kappa shape index (κ1) is 16.4. The fraction of sp³-hybridized carbons (Fsp3) is 0.933. The van der Waals surface area contributed by atoms with Gasteiger partial charge in [0.1, 0.15) is 0 Å². The summed E-state index contributed by atoms with van der Waals surface area (Å²) in [6, 6.07) is 0. The van der Waals surface area contributed by atoms with E-state index in [0.29, 0.717) is 12.5 Å². The molecule has 1 aliphatic carbocycles. The smallest absolute Gasteiger partial charge is 0.363 e. The standard InChI is InChI=1S/C15H28O4/c1-4-8-15(9-6-7-12(3)10-15)11-19-14(17)13(16)18-5-2/h12,14,17H,4-11H2,1-3H3/t12-,14?,15?/m1/s1. The molecule has 0 spiro atoms. The highest BCUT2D eigenvalue weighted by molar-refractivity contribution is 5.72. The second-order valence-electron chi connectivity index (χ2n) is 5.87. The minimum atomic E-state index is -1.44. The van der Waals surface area contributed by atoms with Crippen LogP contribution in [0.25, 0.3) is 0 Å². The van der Waals surface area contributed by atoms with E-state index in [4.69, 9.17) is 9.47 Å². The second kappa shape index (κ2) is 7.85. The number of hydrogen-bond acceptors (Lipinski definition) is 4. The van der Waals surface area contributed by atoms with Crippen LogP contribution in [0.1, 0.15) is 59.3 Å². The Morgan fingerprint density at radius 1 is 1.47 bits per heavy atom. The second-order valence-corrected chi connectivity index (χ2v) is 5.87. The molecule has 112 valence electrons. The summed E-state index contributed by atoms with van der Waals surface area (Å²) in [5, 5.41) is 9.63. The van der Waals surface area contributed by atoms with Gasteiger partial charge in [0, 0.05) is 0 Å². The van der Waals surface area contributed by atoms with Crippen LogP contribution < -0.4 is 0 Å². The zero-order chi connectivity index (χ0) is 14.3. The molecule has 1 fully saturated rings. The highest BCUT2D eigenvalue weighted by atomic mass is 16.6. The zero-order valence-corrected chi connectivity index (χ0v) is 12.5. The van der Waals surface area contributed by atoms with Crippen molar-refractivity contribution in [2.75, 3.05) is 13.2 Å². The van der Waals surface area contributed by atoms with Gasteiger partial charge in [-0.05, 0) is 37.5 Å². The van der Waals surface area contributed by atoms with E-state index in [0.717, 1.165) is 25.7 Å². The molecule has 0 amide bonds. The Morgan fingerprint density at radius 3 is 2.79 bits per heavy atom. The Morgan fingerprint density at radius 2 is 2.21 bits per heavy atom. The van der Waals surface area contributed by atoms with Crippen LogP contribution in [0.5, 0.6) is 0 Å². The van der Waals surface area contributed by atoms with Crippen LogP contribution in [-0.2, 0) is 14.3 Å². The molecule has 0 aromatic carbocycles. The van der Waals surface area contributed by atoms with E-state index in [9.17, 15) is 9.90 Å². The lowest BCUT2D eigenvalue weighted by molar-refractivity contribution is -0.190. The summed E-state index contributed by atoms with van der Waals surface area (Å²) in [6.45, 7) is 6.86. The highest BCUT2D eigenvalue weighted by Crippen LogP contribution is 2.43. The molecule has 3 atom stereocenters. The summed E-state index contributed by atoms with van der Waals surface area (Å²) in [6.07, 6.45) is 5.48. The van der Waals surface area contributed by atoms with Gasteiger partial charge in [-0.15, -0.1) is 0 Å². The van der Waals surface area contributed by atoms with Crippen LogP contribution in [0.4, 0.5) is 0 Å². The number of hydrogen-bond donors (Lipinski definition) is 1. The van der Waals surface area contributed by atoms with Gasteiger partial charge in [-0.25, -0.2) is 4.79 Å². The maximum atomic E-state index is 11.3. The Kier molecular flexibility index (Phi) is 6.80. The van der Waals surface area contributed by atoms with Crippen molar-refractivity contribution in [3.05, 3.63) is 0 Å². The monoisotopic (exact) mass is 272 g/mol. The number of aliphatic hydroxyl groups excluding tert-OH is 1. The number of aliphatic hydroxyl groups is 1. The number of carbonyl (C=O) groups excluding carboxylic acids is 1. The largest absolute Gasteiger partial charge is 0.462 e. The van der Waals surface area contributed by atoms with Crippen LogP contribution in [-0.4, -0.2) is 30.6 Å². The van der Waals surface area contributed by atoms with Gasteiger partial charge in [0.05, 0.1) is 13.2 Å². The van der Waals surface area contributed by atoms with E-state index in [1.54, 1.807) is 6.92 Å². The fourth-order valence-electron chi connectivity index (χ4n) is 3.27. The van der Waals surface area contributed by atoms with Crippen molar-refractivity contribution in [3.8, 4) is 0 Å². The van der Waals surface area contributed by atoms with Crippen molar-refractivity contribution >= 4 is 5.97 Å². The summed E-state index contributed by atoms with van der Waals surface area (Å²) in [5.74, 6) is 0.0154. The van der Waals surface area contributed by atoms with Crippen molar-refractivity contribution in [2.24, 2.45) is 11.3 Å². The Hall–Kier alpha value is -0.610. The lowest BCUT2D eigenvalue weighted by Crippen LogP contribution is -2.36. The van der Waals surface area contributed by atoms with Gasteiger partial charge in [0.15, 0.2) is 0 Å². The topological polar surface area (TPSA) is 55.8 Å². The molecule has 4 heteroatoms. The average Bonchev–Trinajstić information content (AvgIpc) is 2.36. The SMILES string of the molecule is CCCC1(COC(O)C(=O)OCC)CCC[C@@H](C)C1. The van der Waals surface area contributed by atoms with Gasteiger partial charge in [-0.2, -0.15) is 0 Å². The van der Waals surface area contributed by atoms with Gasteiger partial charge >= 0.3 is 5.97 Å². The van der Waals surface area contributed by atoms with Crippen LogP contribution >= 0.6 is 0 Å². The highest BCUT2D eigenvalue weighted by Gasteiger charge is 2.35. The number of carbonyl (C=O) groups is 1. The van der Waals surface area contributed by atoms with E-state index in [2.05, 4.69) is 13.8 Å². The van der Waals surface area contributed by atoms with Gasteiger partial charge in [-0.1, -0.05) is 33.1 Å². The van der Waals surface area contributed by atoms with Gasteiger partial charge in [-0.3, -0.25) is 0 Å². The average molecular weight is 272 g/mol. The third kappa shape index (κ3) is 5.11. The van der Waals surface area contributed by atoms with Crippen molar-refractivity contribution in [1.29, 1.82) is 0 Å². The molecule has 4 nitrogen and oxygen atoms in total. The maximum absolute atomic E-state index is 11.3. The molecule has 1 N–H and O–H groups in total. The van der Waals surface area contributed by atoms with E-state index < -0.39 is 12.3 Å². The first-order chi connectivity index (χ1) is 9.03. The lowest BCUT2D eigenvalue weighted by atomic mass is 9.68. The van der Waals surface area contributed by atoms with E-state index in [1.165, 1.54) is 12.8 Å². The van der Waals surface area contributed by atoms with E-state index in [-0.39, 0.29) is 12.0 Å². The zero-order valence-electron chi connectivity index (χ0n) is 12.5. The van der Waals surface area contributed by atoms with Crippen LogP contribution in [0, 0.1) is 11.3 Å². The number of esters is 1. The molecule has 0 bridgehead atoms. The van der Waals surface area contributed by atoms with Crippen LogP contribution in [0.3, 0.4) is 0 Å². The minimum absolute atomic E-state index is 0.125. The molecule has 1 saturated carbocycles.